The lowest BCUT2D eigenvalue weighted by atomic mass is 9.97. The highest BCUT2D eigenvalue weighted by Crippen LogP contribution is 2.35. The van der Waals surface area contributed by atoms with Crippen molar-refractivity contribution in [3.63, 3.8) is 0 Å². The van der Waals surface area contributed by atoms with E-state index in [9.17, 15) is 0 Å². The largest absolute Gasteiger partial charge is 0.320 e. The summed E-state index contributed by atoms with van der Waals surface area (Å²) in [5, 5.41) is 2.87. The Kier molecular flexibility index (Phi) is 3.57. The van der Waals surface area contributed by atoms with Gasteiger partial charge in [0.2, 0.25) is 0 Å². The first-order chi connectivity index (χ1) is 8.02. The zero-order valence-corrected chi connectivity index (χ0v) is 11.8. The molecule has 17 heavy (non-hydrogen) atoms. The van der Waals surface area contributed by atoms with Gasteiger partial charge in [0.25, 0.3) is 0 Å². The first-order valence-electron chi connectivity index (χ1n) is 5.57. The second-order valence-electron chi connectivity index (χ2n) is 4.36. The molecular weight excluding hydrogens is 250 g/mol. The number of thiophene rings is 1. The molecule has 0 radical (unpaired) electrons. The first-order valence-corrected chi connectivity index (χ1v) is 6.83. The molecule has 0 aliphatic rings. The molecule has 0 fully saturated rings. The lowest BCUT2D eigenvalue weighted by Crippen LogP contribution is -2.12. The molecule has 2 rings (SSSR count). The SMILES string of the molecule is Cc1cccc(C(N)c2scc(C)c2Cl)c1C. The Balaban J connectivity index is 2.47. The van der Waals surface area contributed by atoms with Crippen LogP contribution < -0.4 is 5.73 Å². The fraction of sp³-hybridized carbons (Fsp3) is 0.286. The molecule has 1 nitrogen and oxygen atoms in total. The Morgan fingerprint density at radius 3 is 2.47 bits per heavy atom. The number of nitrogens with two attached hydrogens (primary N) is 1. The highest BCUT2D eigenvalue weighted by molar-refractivity contribution is 7.10. The Labute approximate surface area is 111 Å². The van der Waals surface area contributed by atoms with Crippen molar-refractivity contribution < 1.29 is 0 Å². The summed E-state index contributed by atoms with van der Waals surface area (Å²) in [6, 6.07) is 6.11. The molecule has 1 aromatic carbocycles. The lowest BCUT2D eigenvalue weighted by Gasteiger charge is -2.15. The summed E-state index contributed by atoms with van der Waals surface area (Å²) in [6.07, 6.45) is 0. The van der Waals surface area contributed by atoms with Crippen LogP contribution in [0.4, 0.5) is 0 Å². The molecule has 0 aliphatic carbocycles. The van der Waals surface area contributed by atoms with Gasteiger partial charge in [0.15, 0.2) is 0 Å². The van der Waals surface area contributed by atoms with Gasteiger partial charge in [-0.1, -0.05) is 29.8 Å². The molecule has 0 spiro atoms. The van der Waals surface area contributed by atoms with E-state index in [-0.39, 0.29) is 6.04 Å². The summed E-state index contributed by atoms with van der Waals surface area (Å²) in [5.74, 6) is 0. The summed E-state index contributed by atoms with van der Waals surface area (Å²) >= 11 is 7.91. The van der Waals surface area contributed by atoms with E-state index in [4.69, 9.17) is 17.3 Å². The van der Waals surface area contributed by atoms with Crippen LogP contribution in [0.25, 0.3) is 0 Å². The first kappa shape index (κ1) is 12.6. The lowest BCUT2D eigenvalue weighted by molar-refractivity contribution is 0.879. The summed E-state index contributed by atoms with van der Waals surface area (Å²) < 4.78 is 0. The molecule has 1 atom stereocenters. The molecule has 0 saturated carbocycles. The molecule has 90 valence electrons. The van der Waals surface area contributed by atoms with E-state index in [1.165, 1.54) is 11.1 Å². The quantitative estimate of drug-likeness (QED) is 0.857. The van der Waals surface area contributed by atoms with Crippen molar-refractivity contribution >= 4 is 22.9 Å². The molecule has 2 N–H and O–H groups in total. The average Bonchev–Trinajstić information content (AvgIpc) is 2.63. The molecule has 0 bridgehead atoms. The van der Waals surface area contributed by atoms with Gasteiger partial charge < -0.3 is 5.73 Å². The molecule has 0 saturated heterocycles. The third-order valence-electron chi connectivity index (χ3n) is 3.19. The molecule has 0 aliphatic heterocycles. The van der Waals surface area contributed by atoms with Gasteiger partial charge in [0.05, 0.1) is 11.1 Å². The highest BCUT2D eigenvalue weighted by Gasteiger charge is 2.17. The van der Waals surface area contributed by atoms with Crippen LogP contribution in [-0.2, 0) is 0 Å². The fourth-order valence-corrected chi connectivity index (χ4v) is 3.24. The van der Waals surface area contributed by atoms with Crippen LogP contribution in [0, 0.1) is 20.8 Å². The maximum Gasteiger partial charge on any atom is 0.0663 e. The van der Waals surface area contributed by atoms with Crippen molar-refractivity contribution in [3.8, 4) is 0 Å². The summed E-state index contributed by atoms with van der Waals surface area (Å²) in [6.45, 7) is 6.23. The van der Waals surface area contributed by atoms with E-state index in [1.54, 1.807) is 11.3 Å². The van der Waals surface area contributed by atoms with E-state index in [0.717, 1.165) is 21.0 Å². The number of aryl methyl sites for hydroxylation is 2. The van der Waals surface area contributed by atoms with E-state index < -0.39 is 0 Å². The molecule has 2 aromatic rings. The van der Waals surface area contributed by atoms with Gasteiger partial charge in [-0.25, -0.2) is 0 Å². The molecule has 1 aromatic heterocycles. The zero-order chi connectivity index (χ0) is 12.6. The zero-order valence-electron chi connectivity index (χ0n) is 10.3. The third-order valence-corrected chi connectivity index (χ3v) is 4.99. The topological polar surface area (TPSA) is 26.0 Å². The van der Waals surface area contributed by atoms with Crippen LogP contribution in [0.1, 0.15) is 33.2 Å². The van der Waals surface area contributed by atoms with Crippen molar-refractivity contribution in [2.24, 2.45) is 5.73 Å². The van der Waals surface area contributed by atoms with Crippen molar-refractivity contribution in [2.45, 2.75) is 26.8 Å². The van der Waals surface area contributed by atoms with Gasteiger partial charge in [-0.3, -0.25) is 0 Å². The minimum Gasteiger partial charge on any atom is -0.320 e. The van der Waals surface area contributed by atoms with E-state index in [1.807, 2.05) is 13.0 Å². The van der Waals surface area contributed by atoms with Gasteiger partial charge in [-0.2, -0.15) is 0 Å². The highest BCUT2D eigenvalue weighted by atomic mass is 35.5. The van der Waals surface area contributed by atoms with E-state index in [0.29, 0.717) is 0 Å². The molecular formula is C14H16ClNS. The number of benzene rings is 1. The predicted molar refractivity (Wildman–Crippen MR) is 76.0 cm³/mol. The van der Waals surface area contributed by atoms with Crippen molar-refractivity contribution in [1.29, 1.82) is 0 Å². The van der Waals surface area contributed by atoms with E-state index in [2.05, 4.69) is 31.4 Å². The fourth-order valence-electron chi connectivity index (χ4n) is 1.91. The minimum atomic E-state index is -0.124. The van der Waals surface area contributed by atoms with Crippen LogP contribution in [0.5, 0.6) is 0 Å². The third kappa shape index (κ3) is 2.25. The van der Waals surface area contributed by atoms with Crippen molar-refractivity contribution in [1.82, 2.24) is 0 Å². The Hall–Kier alpha value is -0.830. The van der Waals surface area contributed by atoms with Gasteiger partial charge in [0.1, 0.15) is 0 Å². The average molecular weight is 266 g/mol. The molecule has 1 heterocycles. The molecule has 0 amide bonds. The monoisotopic (exact) mass is 265 g/mol. The van der Waals surface area contributed by atoms with Gasteiger partial charge in [-0.15, -0.1) is 11.3 Å². The van der Waals surface area contributed by atoms with E-state index >= 15 is 0 Å². The summed E-state index contributed by atoms with van der Waals surface area (Å²) in [4.78, 5) is 1.05. The Bertz CT molecular complexity index is 545. The summed E-state index contributed by atoms with van der Waals surface area (Å²) in [5.41, 5.74) is 11.1. The molecule has 1 unspecified atom stereocenters. The molecule has 3 heteroatoms. The van der Waals surface area contributed by atoms with Crippen LogP contribution in [0.15, 0.2) is 23.6 Å². The number of hydrogen-bond donors (Lipinski definition) is 1. The number of rotatable bonds is 2. The maximum atomic E-state index is 6.33. The second kappa shape index (κ2) is 4.81. The van der Waals surface area contributed by atoms with Crippen LogP contribution in [0.3, 0.4) is 0 Å². The maximum absolute atomic E-state index is 6.33. The standard InChI is InChI=1S/C14H16ClNS/c1-8-5-4-6-11(10(8)3)13(16)14-12(15)9(2)7-17-14/h4-7,13H,16H2,1-3H3. The number of halogens is 1. The van der Waals surface area contributed by atoms with Gasteiger partial charge in [-0.05, 0) is 48.4 Å². The van der Waals surface area contributed by atoms with Gasteiger partial charge >= 0.3 is 0 Å². The minimum absolute atomic E-state index is 0.124. The number of hydrogen-bond acceptors (Lipinski definition) is 2. The normalized spacial score (nSPS) is 12.8. The van der Waals surface area contributed by atoms with Crippen LogP contribution >= 0.6 is 22.9 Å². The summed E-state index contributed by atoms with van der Waals surface area (Å²) in [7, 11) is 0. The Morgan fingerprint density at radius 1 is 1.18 bits per heavy atom. The second-order valence-corrected chi connectivity index (χ2v) is 5.65. The predicted octanol–water partition coefficient (Wildman–Crippen LogP) is 4.37. The van der Waals surface area contributed by atoms with Crippen LogP contribution in [0.2, 0.25) is 5.02 Å². The van der Waals surface area contributed by atoms with Gasteiger partial charge in [0, 0.05) is 4.88 Å². The Morgan fingerprint density at radius 2 is 1.88 bits per heavy atom. The van der Waals surface area contributed by atoms with Crippen LogP contribution in [-0.4, -0.2) is 0 Å². The van der Waals surface area contributed by atoms with Crippen molar-refractivity contribution in [2.75, 3.05) is 0 Å². The van der Waals surface area contributed by atoms with Crippen molar-refractivity contribution in [3.05, 3.63) is 55.7 Å². The smallest absolute Gasteiger partial charge is 0.0663 e.